The number of rotatable bonds is 14. The first kappa shape index (κ1) is 48.2. The van der Waals surface area contributed by atoms with Gasteiger partial charge in [0.1, 0.15) is 6.04 Å². The number of likely N-dealkylation sites (tertiary alicyclic amines) is 1. The third kappa shape index (κ3) is 9.96. The summed E-state index contributed by atoms with van der Waals surface area (Å²) < 4.78 is 57.5. The number of piperazine rings is 1. The fourth-order valence-corrected chi connectivity index (χ4v) is 11.0. The number of piperidine rings is 2. The Labute approximate surface area is 410 Å². The summed E-state index contributed by atoms with van der Waals surface area (Å²) in [5.74, 6) is -0.392. The van der Waals surface area contributed by atoms with Gasteiger partial charge in [-0.25, -0.2) is 9.37 Å². The molecule has 5 amide bonds. The van der Waals surface area contributed by atoms with Crippen molar-refractivity contribution in [2.75, 3.05) is 82.4 Å². The van der Waals surface area contributed by atoms with Crippen LogP contribution in [0.25, 0.3) is 0 Å². The van der Waals surface area contributed by atoms with E-state index in [1.165, 1.54) is 26.0 Å². The van der Waals surface area contributed by atoms with Gasteiger partial charge < -0.3 is 25.0 Å². The largest absolute Gasteiger partial charge is 0.414 e. The van der Waals surface area contributed by atoms with Crippen molar-refractivity contribution < 1.29 is 46.4 Å². The summed E-state index contributed by atoms with van der Waals surface area (Å²) in [5.41, 5.74) is 11.7. The maximum absolute atomic E-state index is 14.7. The van der Waals surface area contributed by atoms with Crippen LogP contribution in [0.5, 0.6) is 0 Å². The minimum Gasteiger partial charge on any atom is -0.379 e. The van der Waals surface area contributed by atoms with Crippen molar-refractivity contribution in [3.63, 3.8) is 0 Å². The molecule has 3 aromatic rings. The molecule has 5 saturated heterocycles. The topological polar surface area (TPSA) is 171 Å². The highest BCUT2D eigenvalue weighted by atomic mass is 19.4. The number of amidine groups is 1. The summed E-state index contributed by atoms with van der Waals surface area (Å²) in [7, 11) is 1.69. The smallest absolute Gasteiger partial charge is 0.379 e. The average molecular weight is 978 g/mol. The van der Waals surface area contributed by atoms with E-state index in [-0.39, 0.29) is 37.4 Å². The molecule has 0 bridgehead atoms. The lowest BCUT2D eigenvalue weighted by atomic mass is 9.75. The molecule has 71 heavy (non-hydrogen) atoms. The number of amides is 5. The maximum Gasteiger partial charge on any atom is 0.414 e. The summed E-state index contributed by atoms with van der Waals surface area (Å²) in [6, 6.07) is 19.4. The lowest BCUT2D eigenvalue weighted by Gasteiger charge is -2.41. The van der Waals surface area contributed by atoms with Gasteiger partial charge in [0.25, 0.3) is 5.91 Å². The van der Waals surface area contributed by atoms with Crippen LogP contribution in [0.1, 0.15) is 64.7 Å². The van der Waals surface area contributed by atoms with Gasteiger partial charge in [0.2, 0.25) is 18.2 Å². The van der Waals surface area contributed by atoms with Crippen molar-refractivity contribution in [2.24, 2.45) is 5.73 Å². The van der Waals surface area contributed by atoms with E-state index >= 15 is 0 Å². The molecular weight excluding hydrogens is 918 g/mol. The van der Waals surface area contributed by atoms with Gasteiger partial charge >= 0.3 is 12.2 Å². The third-order valence-electron chi connectivity index (χ3n) is 15.3. The van der Waals surface area contributed by atoms with Crippen molar-refractivity contribution in [1.82, 2.24) is 24.9 Å². The number of nitrogens with zero attached hydrogens (tertiary/aromatic N) is 7. The average Bonchev–Trinajstić information content (AvgIpc) is 3.86. The number of nitrogens with one attached hydrogen (secondary N) is 2. The van der Waals surface area contributed by atoms with Crippen LogP contribution in [0.2, 0.25) is 0 Å². The number of nitrogens with two attached hydrogens (primary N) is 1. The second-order valence-electron chi connectivity index (χ2n) is 20.0. The number of imide groups is 1. The molecule has 0 aromatic heterocycles. The zero-order chi connectivity index (χ0) is 49.6. The molecule has 7 aliphatic rings. The molecule has 4 N–H and O–H groups in total. The van der Waals surface area contributed by atoms with Gasteiger partial charge in [-0.2, -0.15) is 18.6 Å². The molecule has 0 aliphatic carbocycles. The van der Waals surface area contributed by atoms with Crippen LogP contribution in [-0.4, -0.2) is 157 Å². The van der Waals surface area contributed by atoms with E-state index in [2.05, 4.69) is 50.3 Å². The summed E-state index contributed by atoms with van der Waals surface area (Å²) in [6.07, 6.45) is 1.79. The van der Waals surface area contributed by atoms with E-state index in [1.807, 2.05) is 24.3 Å². The van der Waals surface area contributed by atoms with Gasteiger partial charge in [-0.3, -0.25) is 39.3 Å². The highest BCUT2D eigenvalue weighted by molar-refractivity contribution is 6.05. The minimum absolute atomic E-state index is 0.0185. The molecule has 5 fully saturated rings. The van der Waals surface area contributed by atoms with Gasteiger partial charge in [0.15, 0.2) is 5.84 Å². The summed E-state index contributed by atoms with van der Waals surface area (Å²) in [5, 5.41) is 9.92. The van der Waals surface area contributed by atoms with E-state index in [0.29, 0.717) is 75.0 Å². The predicted molar refractivity (Wildman–Crippen MR) is 259 cm³/mol. The zero-order valence-electron chi connectivity index (χ0n) is 39.8. The number of carbonyl (C=O) groups excluding carboxylic acids is 4. The molecular formula is C52H60F3N10O6+. The first-order valence-electron chi connectivity index (χ1n) is 24.4. The Bertz CT molecular complexity index is 2690. The van der Waals surface area contributed by atoms with Crippen molar-refractivity contribution >= 4 is 47.3 Å². The van der Waals surface area contributed by atoms with Crippen LogP contribution in [-0.2, 0) is 44.2 Å². The van der Waals surface area contributed by atoms with Crippen LogP contribution in [0.15, 0.2) is 90.2 Å². The third-order valence-corrected chi connectivity index (χ3v) is 15.3. The lowest BCUT2D eigenvalue weighted by Crippen LogP contribution is -2.52. The Morgan fingerprint density at radius 1 is 0.901 bits per heavy atom. The minimum atomic E-state index is -4.62. The van der Waals surface area contributed by atoms with Crippen LogP contribution in [0, 0.1) is 5.41 Å². The molecule has 19 heteroatoms. The normalized spacial score (nSPS) is 23.5. The first-order chi connectivity index (χ1) is 34.1. The van der Waals surface area contributed by atoms with Crippen LogP contribution in [0.3, 0.4) is 0 Å². The fraction of sp³-hybridized carbons (Fsp3) is 0.462. The molecule has 3 aromatic carbocycles. The van der Waals surface area contributed by atoms with E-state index in [9.17, 15) is 32.3 Å². The van der Waals surface area contributed by atoms with Crippen molar-refractivity contribution in [1.29, 1.82) is 5.41 Å². The SMILES string of the molecule is C[N+](C=N)=C(N)CC1(c2cccc(N3CC4C(C(F)(F)F)=CC(CN5CCC(OCc6ccc(CN7CCN(c8ccc9c(c8)CN(C8CCC(=O)NC8=O)C9=O)CC7)cc6)CC5)=CN4C3=O)c2)COC1. The van der Waals surface area contributed by atoms with Crippen LogP contribution >= 0.6 is 0 Å². The number of anilines is 2. The van der Waals surface area contributed by atoms with E-state index < -0.39 is 41.2 Å². The highest BCUT2D eigenvalue weighted by Crippen LogP contribution is 2.42. The van der Waals surface area contributed by atoms with Gasteiger partial charge in [-0.15, -0.1) is 0 Å². The number of benzene rings is 3. The standard InChI is InChI=1S/C52H59F3N10O6/c1-59(33-56)46(57)24-51(31-70-32-51)38-3-2-4-40(23-38)63-29-45-43(52(53,54)55)21-36(27-65(45)50(63)69)26-60-15-13-41(14-16-60)71-30-35-7-5-34(6-8-35)25-61-17-19-62(20-18-61)39-9-10-42-37(22-39)28-64(49(42)68)44-11-12-47(66)58-48(44)67/h2-10,21-23,27,33,41,44-45,56-57H,11-20,24-26,28-32H2,1H3,(H,58,66,67)/p+1. The molecule has 7 heterocycles. The predicted octanol–water partition coefficient (Wildman–Crippen LogP) is 4.71. The number of urea groups is 1. The molecule has 374 valence electrons. The molecule has 16 nitrogen and oxygen atoms in total. The summed E-state index contributed by atoms with van der Waals surface area (Å²) in [4.78, 5) is 62.4. The maximum atomic E-state index is 14.7. The highest BCUT2D eigenvalue weighted by Gasteiger charge is 2.50. The van der Waals surface area contributed by atoms with Gasteiger partial charge in [-0.05, 0) is 83.5 Å². The number of hydrogen-bond donors (Lipinski definition) is 3. The quantitative estimate of drug-likeness (QED) is 0.0890. The van der Waals surface area contributed by atoms with Gasteiger partial charge in [0, 0.05) is 94.9 Å². The number of alkyl halides is 3. The van der Waals surface area contributed by atoms with Crippen LogP contribution < -0.4 is 20.9 Å². The number of hydrogen-bond acceptors (Lipinski definition) is 10. The Kier molecular flexibility index (Phi) is 13.3. The molecule has 7 aliphatic heterocycles. The Balaban J connectivity index is 0.681. The summed E-state index contributed by atoms with van der Waals surface area (Å²) >= 11 is 0. The number of halogens is 3. The number of ether oxygens (including phenoxy) is 2. The number of carbonyl (C=O) groups is 4. The first-order valence-corrected chi connectivity index (χ1v) is 24.4. The molecule has 2 unspecified atom stereocenters. The summed E-state index contributed by atoms with van der Waals surface area (Å²) in [6.45, 7) is 7.30. The molecule has 2 atom stereocenters. The van der Waals surface area contributed by atoms with Crippen molar-refractivity contribution in [3.8, 4) is 0 Å². The second-order valence-corrected chi connectivity index (χ2v) is 20.0. The number of fused-ring (bicyclic) bond motifs is 2. The fourth-order valence-electron chi connectivity index (χ4n) is 11.0. The molecule has 0 radical (unpaired) electrons. The van der Waals surface area contributed by atoms with E-state index in [4.69, 9.17) is 20.6 Å². The van der Waals surface area contributed by atoms with Crippen LogP contribution in [0.4, 0.5) is 29.3 Å². The molecule has 0 saturated carbocycles. The van der Waals surface area contributed by atoms with Gasteiger partial charge in [0.05, 0.1) is 56.5 Å². The van der Waals surface area contributed by atoms with Gasteiger partial charge in [-0.1, -0.05) is 36.4 Å². The Morgan fingerprint density at radius 3 is 2.32 bits per heavy atom. The molecule has 10 rings (SSSR count). The van der Waals surface area contributed by atoms with E-state index in [1.54, 1.807) is 30.3 Å². The van der Waals surface area contributed by atoms with Crippen molar-refractivity contribution in [2.45, 2.75) is 81.6 Å². The second kappa shape index (κ2) is 19.7. The zero-order valence-corrected chi connectivity index (χ0v) is 39.8. The Morgan fingerprint density at radius 2 is 1.63 bits per heavy atom. The lowest BCUT2D eigenvalue weighted by molar-refractivity contribution is -0.365. The molecule has 0 spiro atoms. The monoisotopic (exact) mass is 977 g/mol. The van der Waals surface area contributed by atoms with Crippen molar-refractivity contribution in [3.05, 3.63) is 118 Å². The Hall–Kier alpha value is -6.41. The van der Waals surface area contributed by atoms with E-state index in [0.717, 1.165) is 74.3 Å².